The standard InChI is InChI=1S/C18H16BrN5O5S.ClH/c1-21(2)5-6-22(18-20-15-4-3-12(19)9-16(15)30-18)17(25)11-7-13(23(26)27)10-14(8-11)24(28)29;/h3-4,7-10H,5-6H2,1-2H3;1H. The summed E-state index contributed by atoms with van der Waals surface area (Å²) in [7, 11) is 3.69. The lowest BCUT2D eigenvalue weighted by Gasteiger charge is -2.22. The first-order chi connectivity index (χ1) is 14.2. The van der Waals surface area contributed by atoms with Crippen molar-refractivity contribution in [1.82, 2.24) is 9.88 Å². The molecular formula is C18H17BrClN5O5S. The number of halogens is 2. The van der Waals surface area contributed by atoms with E-state index in [2.05, 4.69) is 20.9 Å². The highest BCUT2D eigenvalue weighted by atomic mass is 79.9. The van der Waals surface area contributed by atoms with Gasteiger partial charge in [0.25, 0.3) is 17.3 Å². The normalized spacial score (nSPS) is 10.7. The zero-order chi connectivity index (χ0) is 22.0. The molecule has 2 aromatic carbocycles. The van der Waals surface area contributed by atoms with Gasteiger partial charge in [0.2, 0.25) is 0 Å². The maximum absolute atomic E-state index is 13.3. The summed E-state index contributed by atoms with van der Waals surface area (Å²) in [6, 6.07) is 8.44. The van der Waals surface area contributed by atoms with Crippen molar-refractivity contribution in [3.05, 3.63) is 66.7 Å². The van der Waals surface area contributed by atoms with Gasteiger partial charge in [0.15, 0.2) is 5.13 Å². The second kappa shape index (κ2) is 10.1. The highest BCUT2D eigenvalue weighted by Gasteiger charge is 2.26. The topological polar surface area (TPSA) is 123 Å². The molecule has 10 nitrogen and oxygen atoms in total. The second-order valence-electron chi connectivity index (χ2n) is 6.62. The number of nitrogens with zero attached hydrogens (tertiary/aromatic N) is 5. The number of nitro groups is 2. The number of hydrogen-bond acceptors (Lipinski definition) is 8. The molecule has 1 heterocycles. The van der Waals surface area contributed by atoms with Crippen molar-refractivity contribution in [2.45, 2.75) is 0 Å². The first-order valence-corrected chi connectivity index (χ1v) is 10.2. The molecule has 3 rings (SSSR count). The number of fused-ring (bicyclic) bond motifs is 1. The Labute approximate surface area is 195 Å². The molecule has 0 aliphatic rings. The maximum Gasteiger partial charge on any atom is 0.277 e. The summed E-state index contributed by atoms with van der Waals surface area (Å²) in [6.07, 6.45) is 0. The highest BCUT2D eigenvalue weighted by molar-refractivity contribution is 9.10. The van der Waals surface area contributed by atoms with Crippen LogP contribution in [0.3, 0.4) is 0 Å². The minimum Gasteiger partial charge on any atom is -0.308 e. The third-order valence-electron chi connectivity index (χ3n) is 4.16. The Morgan fingerprint density at radius 3 is 2.23 bits per heavy atom. The van der Waals surface area contributed by atoms with Gasteiger partial charge in [0.1, 0.15) is 0 Å². The molecule has 13 heteroatoms. The number of rotatable bonds is 7. The number of likely N-dealkylation sites (N-methyl/N-ethyl adjacent to an activating group) is 1. The van der Waals surface area contributed by atoms with Crippen molar-refractivity contribution >= 4 is 72.3 Å². The fraction of sp³-hybridized carbons (Fsp3) is 0.222. The number of nitro benzene ring substituents is 2. The zero-order valence-electron chi connectivity index (χ0n) is 16.4. The number of benzene rings is 2. The highest BCUT2D eigenvalue weighted by Crippen LogP contribution is 2.32. The number of hydrogen-bond donors (Lipinski definition) is 0. The van der Waals surface area contributed by atoms with E-state index < -0.39 is 27.1 Å². The number of carbonyl (C=O) groups excluding carboxylic acids is 1. The van der Waals surface area contributed by atoms with Crippen molar-refractivity contribution in [2.24, 2.45) is 0 Å². The molecule has 0 atom stereocenters. The van der Waals surface area contributed by atoms with E-state index in [4.69, 9.17) is 0 Å². The van der Waals surface area contributed by atoms with Crippen LogP contribution in [0.25, 0.3) is 10.2 Å². The summed E-state index contributed by atoms with van der Waals surface area (Å²) < 4.78 is 1.72. The summed E-state index contributed by atoms with van der Waals surface area (Å²) in [5.74, 6) is -0.596. The van der Waals surface area contributed by atoms with Gasteiger partial charge in [-0.05, 0) is 32.3 Å². The number of anilines is 1. The number of carbonyl (C=O) groups is 1. The van der Waals surface area contributed by atoms with Crippen molar-refractivity contribution in [3.63, 3.8) is 0 Å². The van der Waals surface area contributed by atoms with E-state index in [1.165, 1.54) is 16.2 Å². The Bertz CT molecular complexity index is 1120. The van der Waals surface area contributed by atoms with Crippen molar-refractivity contribution in [1.29, 1.82) is 0 Å². The molecule has 0 aliphatic heterocycles. The molecule has 1 amide bonds. The Morgan fingerprint density at radius 2 is 1.68 bits per heavy atom. The third kappa shape index (κ3) is 5.73. The SMILES string of the molecule is CN(C)CCN(C(=O)c1cc([N+](=O)[O-])cc([N+](=O)[O-])c1)c1nc2ccc(Br)cc2s1.Cl. The maximum atomic E-state index is 13.3. The monoisotopic (exact) mass is 529 g/mol. The summed E-state index contributed by atoms with van der Waals surface area (Å²) in [4.78, 5) is 41.9. The molecule has 164 valence electrons. The van der Waals surface area contributed by atoms with E-state index in [1.807, 2.05) is 37.2 Å². The van der Waals surface area contributed by atoms with E-state index in [-0.39, 0.29) is 24.5 Å². The number of amides is 1. The molecule has 1 aromatic heterocycles. The Hall–Kier alpha value is -2.67. The van der Waals surface area contributed by atoms with Gasteiger partial charge in [-0.15, -0.1) is 12.4 Å². The molecule has 0 radical (unpaired) electrons. The van der Waals surface area contributed by atoms with Crippen LogP contribution in [-0.2, 0) is 0 Å². The molecule has 3 aromatic rings. The van der Waals surface area contributed by atoms with Crippen LogP contribution in [0.5, 0.6) is 0 Å². The van der Waals surface area contributed by atoms with Crippen LogP contribution in [0, 0.1) is 20.2 Å². The molecule has 0 aliphatic carbocycles. The van der Waals surface area contributed by atoms with Crippen molar-refractivity contribution in [3.8, 4) is 0 Å². The summed E-state index contributed by atoms with van der Waals surface area (Å²) >= 11 is 4.69. The van der Waals surface area contributed by atoms with Gasteiger partial charge in [0.05, 0.1) is 31.7 Å². The molecule has 0 spiro atoms. The summed E-state index contributed by atoms with van der Waals surface area (Å²) in [6.45, 7) is 0.756. The molecule has 0 N–H and O–H groups in total. The molecule has 0 bridgehead atoms. The molecule has 0 fully saturated rings. The quantitative estimate of drug-likeness (QED) is 0.325. The lowest BCUT2D eigenvalue weighted by Crippen LogP contribution is -2.36. The first-order valence-electron chi connectivity index (χ1n) is 8.62. The summed E-state index contributed by atoms with van der Waals surface area (Å²) in [5.41, 5.74) is -0.484. The lowest BCUT2D eigenvalue weighted by atomic mass is 10.1. The van der Waals surface area contributed by atoms with Crippen LogP contribution in [0.2, 0.25) is 0 Å². The van der Waals surface area contributed by atoms with Crippen molar-refractivity contribution in [2.75, 3.05) is 32.1 Å². The minimum absolute atomic E-state index is 0. The predicted molar refractivity (Wildman–Crippen MR) is 125 cm³/mol. The average Bonchev–Trinajstić information content (AvgIpc) is 3.09. The fourth-order valence-electron chi connectivity index (χ4n) is 2.67. The number of aromatic nitrogens is 1. The van der Waals surface area contributed by atoms with Gasteiger partial charge in [-0.1, -0.05) is 27.3 Å². The van der Waals surface area contributed by atoms with E-state index in [9.17, 15) is 25.0 Å². The van der Waals surface area contributed by atoms with E-state index in [0.717, 1.165) is 27.4 Å². The van der Waals surface area contributed by atoms with Gasteiger partial charge in [-0.2, -0.15) is 0 Å². The minimum atomic E-state index is -0.761. The number of thiazole rings is 1. The Balaban J connectivity index is 0.00000341. The molecular weight excluding hydrogens is 514 g/mol. The Morgan fingerprint density at radius 1 is 1.06 bits per heavy atom. The zero-order valence-corrected chi connectivity index (χ0v) is 19.6. The van der Waals surface area contributed by atoms with Gasteiger partial charge >= 0.3 is 0 Å². The van der Waals surface area contributed by atoms with Gasteiger partial charge in [-0.25, -0.2) is 4.98 Å². The third-order valence-corrected chi connectivity index (χ3v) is 5.69. The fourth-order valence-corrected chi connectivity index (χ4v) is 4.21. The molecule has 0 saturated heterocycles. The van der Waals surface area contributed by atoms with Gasteiger partial charge in [0, 0.05) is 29.7 Å². The smallest absolute Gasteiger partial charge is 0.277 e. The number of non-ortho nitro benzene ring substituents is 2. The van der Waals surface area contributed by atoms with Crippen LogP contribution in [-0.4, -0.2) is 52.8 Å². The molecule has 31 heavy (non-hydrogen) atoms. The van der Waals surface area contributed by atoms with Crippen LogP contribution in [0.4, 0.5) is 16.5 Å². The largest absolute Gasteiger partial charge is 0.308 e. The van der Waals surface area contributed by atoms with E-state index in [1.54, 1.807) is 0 Å². The molecule has 0 saturated carbocycles. The van der Waals surface area contributed by atoms with Crippen LogP contribution >= 0.6 is 39.7 Å². The van der Waals surface area contributed by atoms with E-state index in [0.29, 0.717) is 17.2 Å². The average molecular weight is 531 g/mol. The van der Waals surface area contributed by atoms with Gasteiger partial charge in [-0.3, -0.25) is 29.9 Å². The first kappa shape index (κ1) is 24.6. The Kier molecular flexibility index (Phi) is 8.01. The second-order valence-corrected chi connectivity index (χ2v) is 8.55. The summed E-state index contributed by atoms with van der Waals surface area (Å²) in [5, 5.41) is 22.8. The van der Waals surface area contributed by atoms with Crippen LogP contribution in [0.1, 0.15) is 10.4 Å². The van der Waals surface area contributed by atoms with Gasteiger partial charge < -0.3 is 4.90 Å². The van der Waals surface area contributed by atoms with Crippen LogP contribution in [0.15, 0.2) is 40.9 Å². The van der Waals surface area contributed by atoms with Crippen LogP contribution < -0.4 is 4.90 Å². The van der Waals surface area contributed by atoms with E-state index >= 15 is 0 Å². The lowest BCUT2D eigenvalue weighted by molar-refractivity contribution is -0.394. The predicted octanol–water partition coefficient (Wildman–Crippen LogP) is 4.51. The molecule has 0 unspecified atom stereocenters. The van der Waals surface area contributed by atoms with Crippen molar-refractivity contribution < 1.29 is 14.6 Å².